The summed E-state index contributed by atoms with van der Waals surface area (Å²) in [5.41, 5.74) is 7.52. The van der Waals surface area contributed by atoms with E-state index >= 15 is 0 Å². The quantitative estimate of drug-likeness (QED) is 0.650. The second-order valence-corrected chi connectivity index (χ2v) is 8.34. The Labute approximate surface area is 179 Å². The molecule has 0 unspecified atom stereocenters. The van der Waals surface area contributed by atoms with Gasteiger partial charge >= 0.3 is 6.03 Å². The van der Waals surface area contributed by atoms with Gasteiger partial charge in [-0.25, -0.2) is 9.78 Å². The molecule has 1 aliphatic rings. The SMILES string of the molecule is CC(C)c1nccn1Cc1cccc(NC(=O)N2CCN(c3nc(N)ns3)CC2)c1. The molecule has 9 nitrogen and oxygen atoms in total. The van der Waals surface area contributed by atoms with Crippen molar-refractivity contribution in [2.45, 2.75) is 26.3 Å². The molecule has 0 bridgehead atoms. The van der Waals surface area contributed by atoms with E-state index in [0.29, 0.717) is 38.0 Å². The molecule has 158 valence electrons. The smallest absolute Gasteiger partial charge is 0.321 e. The van der Waals surface area contributed by atoms with E-state index in [1.807, 2.05) is 35.5 Å². The van der Waals surface area contributed by atoms with Crippen LogP contribution in [0.1, 0.15) is 31.2 Å². The summed E-state index contributed by atoms with van der Waals surface area (Å²) in [6.07, 6.45) is 3.82. The van der Waals surface area contributed by atoms with Crippen LogP contribution in [0.25, 0.3) is 0 Å². The second kappa shape index (κ2) is 8.70. The minimum absolute atomic E-state index is 0.0888. The first kappa shape index (κ1) is 20.1. The molecule has 10 heteroatoms. The van der Waals surface area contributed by atoms with E-state index in [2.05, 4.69) is 49.0 Å². The molecule has 3 aromatic rings. The Bertz CT molecular complexity index is 1010. The Morgan fingerprint density at radius 3 is 2.77 bits per heavy atom. The van der Waals surface area contributed by atoms with Crippen LogP contribution in [0, 0.1) is 0 Å². The highest BCUT2D eigenvalue weighted by Gasteiger charge is 2.23. The maximum atomic E-state index is 12.7. The highest BCUT2D eigenvalue weighted by molar-refractivity contribution is 7.09. The number of nitrogens with one attached hydrogen (secondary N) is 1. The summed E-state index contributed by atoms with van der Waals surface area (Å²) in [5, 5.41) is 3.83. The summed E-state index contributed by atoms with van der Waals surface area (Å²) >= 11 is 1.29. The van der Waals surface area contributed by atoms with Gasteiger partial charge in [-0.05, 0) is 17.7 Å². The monoisotopic (exact) mass is 426 g/mol. The predicted octanol–water partition coefficient (Wildman–Crippen LogP) is 2.84. The molecule has 0 saturated carbocycles. The lowest BCUT2D eigenvalue weighted by Crippen LogP contribution is -2.50. The minimum Gasteiger partial charge on any atom is -0.367 e. The van der Waals surface area contributed by atoms with E-state index in [0.717, 1.165) is 28.8 Å². The summed E-state index contributed by atoms with van der Waals surface area (Å²) in [5.74, 6) is 1.71. The number of nitrogen functional groups attached to an aromatic ring is 1. The molecule has 30 heavy (non-hydrogen) atoms. The fourth-order valence-corrected chi connectivity index (χ4v) is 4.21. The molecule has 4 rings (SSSR count). The van der Waals surface area contributed by atoms with Crippen LogP contribution in [0.4, 0.5) is 21.6 Å². The molecule has 1 aliphatic heterocycles. The molecule has 3 N–H and O–H groups in total. The van der Waals surface area contributed by atoms with Crippen molar-refractivity contribution < 1.29 is 4.79 Å². The molecule has 2 aromatic heterocycles. The van der Waals surface area contributed by atoms with Gasteiger partial charge in [0, 0.05) is 68.3 Å². The first-order chi connectivity index (χ1) is 14.5. The van der Waals surface area contributed by atoms with E-state index in [1.165, 1.54) is 11.5 Å². The standard InChI is InChI=1S/C20H26N8OS/c1-14(2)17-22-6-7-28(17)13-15-4-3-5-16(12-15)23-19(29)26-8-10-27(11-9-26)20-24-18(21)25-30-20/h3-7,12,14H,8-11,13H2,1-2H3,(H2,21,25)(H,23,29). The van der Waals surface area contributed by atoms with Gasteiger partial charge < -0.3 is 25.4 Å². The molecule has 0 aliphatic carbocycles. The molecule has 1 aromatic carbocycles. The number of carbonyl (C=O) groups is 1. The summed E-state index contributed by atoms with van der Waals surface area (Å²) in [6.45, 7) is 7.66. The fraction of sp³-hybridized carbons (Fsp3) is 0.400. The van der Waals surface area contributed by atoms with Crippen molar-refractivity contribution in [2.75, 3.05) is 42.1 Å². The Morgan fingerprint density at radius 2 is 2.07 bits per heavy atom. The Balaban J connectivity index is 1.35. The van der Waals surface area contributed by atoms with Gasteiger partial charge in [0.15, 0.2) is 0 Å². The van der Waals surface area contributed by atoms with Crippen LogP contribution < -0.4 is 16.0 Å². The lowest BCUT2D eigenvalue weighted by Gasteiger charge is -2.34. The van der Waals surface area contributed by atoms with Gasteiger partial charge in [0.05, 0.1) is 0 Å². The normalized spacial score (nSPS) is 14.4. The minimum atomic E-state index is -0.0888. The van der Waals surface area contributed by atoms with Gasteiger partial charge in [-0.1, -0.05) is 26.0 Å². The number of amides is 2. The second-order valence-electron chi connectivity index (χ2n) is 7.61. The Morgan fingerprint density at radius 1 is 1.27 bits per heavy atom. The number of nitrogens with two attached hydrogens (primary N) is 1. The largest absolute Gasteiger partial charge is 0.367 e. The van der Waals surface area contributed by atoms with Crippen molar-refractivity contribution in [2.24, 2.45) is 0 Å². The van der Waals surface area contributed by atoms with Crippen molar-refractivity contribution in [3.8, 4) is 0 Å². The number of anilines is 3. The van der Waals surface area contributed by atoms with Crippen molar-refractivity contribution in [1.82, 2.24) is 23.8 Å². The third-order valence-electron chi connectivity index (χ3n) is 5.06. The van der Waals surface area contributed by atoms with E-state index < -0.39 is 0 Å². The number of hydrogen-bond donors (Lipinski definition) is 2. The molecule has 0 spiro atoms. The number of nitrogens with zero attached hydrogens (tertiary/aromatic N) is 6. The van der Waals surface area contributed by atoms with Crippen LogP contribution >= 0.6 is 11.5 Å². The first-order valence-electron chi connectivity index (χ1n) is 9.99. The Hall–Kier alpha value is -3.14. The Kier molecular flexibility index (Phi) is 5.84. The number of benzene rings is 1. The lowest BCUT2D eigenvalue weighted by atomic mass is 10.1. The van der Waals surface area contributed by atoms with Crippen LogP contribution in [0.3, 0.4) is 0 Å². The van der Waals surface area contributed by atoms with Crippen LogP contribution in [-0.2, 0) is 6.54 Å². The van der Waals surface area contributed by atoms with E-state index in [9.17, 15) is 4.79 Å². The number of hydrogen-bond acceptors (Lipinski definition) is 7. The van der Waals surface area contributed by atoms with Gasteiger partial charge in [-0.2, -0.15) is 9.36 Å². The number of imidazole rings is 1. The molecular formula is C20H26N8OS. The third-order valence-corrected chi connectivity index (χ3v) is 5.85. The van der Waals surface area contributed by atoms with Crippen molar-refractivity contribution >= 4 is 34.3 Å². The van der Waals surface area contributed by atoms with Crippen molar-refractivity contribution in [3.63, 3.8) is 0 Å². The summed E-state index contributed by atoms with van der Waals surface area (Å²) in [7, 11) is 0. The van der Waals surface area contributed by atoms with Crippen LogP contribution in [0.2, 0.25) is 0 Å². The van der Waals surface area contributed by atoms with Gasteiger partial charge in [-0.15, -0.1) is 0 Å². The van der Waals surface area contributed by atoms with Gasteiger partial charge in [-0.3, -0.25) is 0 Å². The van der Waals surface area contributed by atoms with Crippen LogP contribution in [0.15, 0.2) is 36.7 Å². The molecule has 1 fully saturated rings. The topological polar surface area (TPSA) is 105 Å². The lowest BCUT2D eigenvalue weighted by molar-refractivity contribution is 0.208. The molecular weight excluding hydrogens is 400 g/mol. The average Bonchev–Trinajstić information content (AvgIpc) is 3.37. The summed E-state index contributed by atoms with van der Waals surface area (Å²) < 4.78 is 6.16. The van der Waals surface area contributed by atoms with Crippen molar-refractivity contribution in [3.05, 3.63) is 48.0 Å². The van der Waals surface area contributed by atoms with Gasteiger partial charge in [0.1, 0.15) is 5.82 Å². The predicted molar refractivity (Wildman–Crippen MR) is 119 cm³/mol. The molecule has 1 saturated heterocycles. The van der Waals surface area contributed by atoms with Crippen LogP contribution in [0.5, 0.6) is 0 Å². The summed E-state index contributed by atoms with van der Waals surface area (Å²) in [6, 6.07) is 7.87. The zero-order valence-electron chi connectivity index (χ0n) is 17.2. The van der Waals surface area contributed by atoms with E-state index in [-0.39, 0.29) is 6.03 Å². The molecule has 0 radical (unpaired) electrons. The van der Waals surface area contributed by atoms with Gasteiger partial charge in [0.2, 0.25) is 11.1 Å². The van der Waals surface area contributed by atoms with Crippen LogP contribution in [-0.4, -0.2) is 56.0 Å². The van der Waals surface area contributed by atoms with Crippen molar-refractivity contribution in [1.29, 1.82) is 0 Å². The number of carbonyl (C=O) groups excluding carboxylic acids is 1. The maximum absolute atomic E-state index is 12.7. The molecule has 0 atom stereocenters. The number of piperazine rings is 1. The molecule has 2 amide bonds. The zero-order valence-corrected chi connectivity index (χ0v) is 18.0. The highest BCUT2D eigenvalue weighted by Crippen LogP contribution is 2.21. The maximum Gasteiger partial charge on any atom is 0.321 e. The number of rotatable bonds is 5. The third kappa shape index (κ3) is 4.54. The average molecular weight is 427 g/mol. The van der Waals surface area contributed by atoms with Gasteiger partial charge in [0.25, 0.3) is 0 Å². The van der Waals surface area contributed by atoms with E-state index in [1.54, 1.807) is 0 Å². The summed E-state index contributed by atoms with van der Waals surface area (Å²) in [4.78, 5) is 25.3. The zero-order chi connectivity index (χ0) is 21.1. The molecule has 3 heterocycles. The first-order valence-corrected chi connectivity index (χ1v) is 10.8. The highest BCUT2D eigenvalue weighted by atomic mass is 32.1. The number of urea groups is 1. The fourth-order valence-electron chi connectivity index (χ4n) is 3.56. The van der Waals surface area contributed by atoms with E-state index in [4.69, 9.17) is 5.73 Å². The number of aromatic nitrogens is 4.